The van der Waals surface area contributed by atoms with Crippen LogP contribution in [0.15, 0.2) is 59.5 Å². The van der Waals surface area contributed by atoms with Crippen molar-refractivity contribution >= 4 is 34.2 Å². The van der Waals surface area contributed by atoms with Crippen molar-refractivity contribution < 1.29 is 4.79 Å². The summed E-state index contributed by atoms with van der Waals surface area (Å²) in [5, 5.41) is 4.36. The second kappa shape index (κ2) is 8.67. The van der Waals surface area contributed by atoms with Crippen LogP contribution >= 0.6 is 11.6 Å². The van der Waals surface area contributed by atoms with Crippen LogP contribution in [0.2, 0.25) is 5.02 Å². The molecule has 2 heterocycles. The van der Waals surface area contributed by atoms with Crippen molar-refractivity contribution in [3.05, 3.63) is 81.4 Å². The highest BCUT2D eigenvalue weighted by Gasteiger charge is 2.30. The topological polar surface area (TPSA) is 68.4 Å². The molecule has 3 atom stereocenters. The molecular formula is C26H27ClN4O2. The Morgan fingerprint density at radius 2 is 1.79 bits per heavy atom. The summed E-state index contributed by atoms with van der Waals surface area (Å²) in [7, 11) is 0. The summed E-state index contributed by atoms with van der Waals surface area (Å²) in [6, 6.07) is 15.0. The minimum absolute atomic E-state index is 0.123. The SMILES string of the molecule is C[C@@H]1CCC[C@H](C)C1NC(=O)c1cn2c3ccccc3c(=O)n(Cc3ccccc3Cl)c2n1. The molecule has 0 bridgehead atoms. The van der Waals surface area contributed by atoms with Gasteiger partial charge in [-0.15, -0.1) is 0 Å². The van der Waals surface area contributed by atoms with Gasteiger partial charge in [0.25, 0.3) is 11.5 Å². The summed E-state index contributed by atoms with van der Waals surface area (Å²) in [6.45, 7) is 4.65. The number of para-hydroxylation sites is 1. The van der Waals surface area contributed by atoms with Gasteiger partial charge >= 0.3 is 0 Å². The third-order valence-corrected chi connectivity index (χ3v) is 7.30. The normalized spacial score (nSPS) is 20.9. The average molecular weight is 463 g/mol. The Bertz CT molecular complexity index is 1400. The molecule has 33 heavy (non-hydrogen) atoms. The number of hydrogen-bond acceptors (Lipinski definition) is 3. The molecule has 0 spiro atoms. The van der Waals surface area contributed by atoms with E-state index in [2.05, 4.69) is 24.1 Å². The summed E-state index contributed by atoms with van der Waals surface area (Å²) >= 11 is 6.38. The van der Waals surface area contributed by atoms with E-state index in [9.17, 15) is 9.59 Å². The van der Waals surface area contributed by atoms with Crippen LogP contribution in [0.3, 0.4) is 0 Å². The van der Waals surface area contributed by atoms with E-state index < -0.39 is 0 Å². The van der Waals surface area contributed by atoms with Gasteiger partial charge in [0, 0.05) is 17.3 Å². The van der Waals surface area contributed by atoms with Gasteiger partial charge in [0.2, 0.25) is 5.78 Å². The Hall–Kier alpha value is -3.12. The second-order valence-electron chi connectivity index (χ2n) is 9.18. The minimum atomic E-state index is -0.204. The zero-order chi connectivity index (χ0) is 23.1. The number of hydrogen-bond donors (Lipinski definition) is 1. The van der Waals surface area contributed by atoms with Crippen molar-refractivity contribution in [3.8, 4) is 0 Å². The van der Waals surface area contributed by atoms with Crippen LogP contribution in [0.1, 0.15) is 49.2 Å². The first-order valence-corrected chi connectivity index (χ1v) is 11.9. The number of carbonyl (C=O) groups excluding carboxylic acids is 1. The van der Waals surface area contributed by atoms with Crippen molar-refractivity contribution in [1.82, 2.24) is 19.3 Å². The van der Waals surface area contributed by atoms with Crippen LogP contribution in [-0.4, -0.2) is 25.9 Å². The highest BCUT2D eigenvalue weighted by molar-refractivity contribution is 6.31. The molecule has 1 unspecified atom stereocenters. The summed E-state index contributed by atoms with van der Waals surface area (Å²) in [6.07, 6.45) is 5.15. The average Bonchev–Trinajstić information content (AvgIpc) is 3.26. The Labute approximate surface area is 197 Å². The molecule has 6 nitrogen and oxygen atoms in total. The lowest BCUT2D eigenvalue weighted by atomic mass is 9.78. The van der Waals surface area contributed by atoms with Crippen molar-refractivity contribution in [1.29, 1.82) is 0 Å². The maximum atomic E-state index is 13.4. The molecule has 1 aliphatic rings. The van der Waals surface area contributed by atoms with E-state index in [1.165, 1.54) is 6.42 Å². The molecule has 5 rings (SSSR count). The molecule has 1 saturated carbocycles. The number of rotatable bonds is 4. The fourth-order valence-electron chi connectivity index (χ4n) is 5.08. The van der Waals surface area contributed by atoms with Crippen LogP contribution in [0.4, 0.5) is 0 Å². The quantitative estimate of drug-likeness (QED) is 0.468. The van der Waals surface area contributed by atoms with E-state index in [0.717, 1.165) is 23.9 Å². The predicted octanol–water partition coefficient (Wildman–Crippen LogP) is 4.91. The molecule has 1 fully saturated rings. The number of aromatic nitrogens is 3. The van der Waals surface area contributed by atoms with Crippen LogP contribution in [0.25, 0.3) is 16.7 Å². The molecule has 0 saturated heterocycles. The molecule has 7 heteroatoms. The van der Waals surface area contributed by atoms with Crippen molar-refractivity contribution in [3.63, 3.8) is 0 Å². The first-order valence-electron chi connectivity index (χ1n) is 11.5. The number of benzene rings is 2. The summed E-state index contributed by atoms with van der Waals surface area (Å²) in [4.78, 5) is 31.3. The van der Waals surface area contributed by atoms with E-state index in [1.54, 1.807) is 22.9 Å². The fraction of sp³-hybridized carbons (Fsp3) is 0.346. The molecule has 1 aliphatic carbocycles. The van der Waals surface area contributed by atoms with Gasteiger partial charge in [-0.3, -0.25) is 18.6 Å². The van der Waals surface area contributed by atoms with Gasteiger partial charge in [-0.1, -0.05) is 62.2 Å². The molecule has 2 aromatic heterocycles. The number of carbonyl (C=O) groups is 1. The molecular weight excluding hydrogens is 436 g/mol. The third kappa shape index (κ3) is 3.93. The Kier molecular flexibility index (Phi) is 5.71. The van der Waals surface area contributed by atoms with Gasteiger partial charge < -0.3 is 5.32 Å². The van der Waals surface area contributed by atoms with E-state index in [1.807, 2.05) is 40.8 Å². The Morgan fingerprint density at radius 3 is 2.55 bits per heavy atom. The molecule has 1 N–H and O–H groups in total. The lowest BCUT2D eigenvalue weighted by Gasteiger charge is -2.34. The van der Waals surface area contributed by atoms with E-state index in [4.69, 9.17) is 11.6 Å². The highest BCUT2D eigenvalue weighted by atomic mass is 35.5. The smallest absolute Gasteiger partial charge is 0.271 e. The first kappa shape index (κ1) is 21.7. The largest absolute Gasteiger partial charge is 0.347 e. The van der Waals surface area contributed by atoms with E-state index in [-0.39, 0.29) is 24.1 Å². The molecule has 1 amide bonds. The lowest BCUT2D eigenvalue weighted by Crippen LogP contribution is -2.45. The summed E-state index contributed by atoms with van der Waals surface area (Å²) in [5.74, 6) is 1.07. The van der Waals surface area contributed by atoms with Crippen LogP contribution in [0, 0.1) is 11.8 Å². The number of halogens is 1. The summed E-state index contributed by atoms with van der Waals surface area (Å²) < 4.78 is 3.42. The highest BCUT2D eigenvalue weighted by Crippen LogP contribution is 2.29. The zero-order valence-electron chi connectivity index (χ0n) is 18.8. The van der Waals surface area contributed by atoms with Crippen molar-refractivity contribution in [2.75, 3.05) is 0 Å². The van der Waals surface area contributed by atoms with Crippen LogP contribution < -0.4 is 10.9 Å². The van der Waals surface area contributed by atoms with Crippen LogP contribution in [0.5, 0.6) is 0 Å². The van der Waals surface area contributed by atoms with E-state index in [0.29, 0.717) is 33.7 Å². The first-order chi connectivity index (χ1) is 15.9. The van der Waals surface area contributed by atoms with Crippen LogP contribution in [-0.2, 0) is 6.54 Å². The third-order valence-electron chi connectivity index (χ3n) is 6.93. The number of fused-ring (bicyclic) bond motifs is 3. The Balaban J connectivity index is 1.61. The lowest BCUT2D eigenvalue weighted by molar-refractivity contribution is 0.0876. The number of nitrogens with one attached hydrogen (secondary N) is 1. The monoisotopic (exact) mass is 462 g/mol. The number of nitrogens with zero attached hydrogens (tertiary/aromatic N) is 3. The van der Waals surface area contributed by atoms with Gasteiger partial charge in [0.1, 0.15) is 5.69 Å². The van der Waals surface area contributed by atoms with Crippen molar-refractivity contribution in [2.45, 2.75) is 45.7 Å². The number of amides is 1. The predicted molar refractivity (Wildman–Crippen MR) is 131 cm³/mol. The van der Waals surface area contributed by atoms with Gasteiger partial charge in [-0.2, -0.15) is 0 Å². The van der Waals surface area contributed by atoms with E-state index >= 15 is 0 Å². The molecule has 4 aromatic rings. The molecule has 2 aromatic carbocycles. The maximum absolute atomic E-state index is 13.4. The fourth-order valence-corrected chi connectivity index (χ4v) is 5.27. The molecule has 170 valence electrons. The standard InChI is InChI=1S/C26H27ClN4O2/c1-16-8-7-9-17(2)23(16)29-24(32)21-15-30-22-13-6-4-11-19(22)25(33)31(26(30)28-21)14-18-10-3-5-12-20(18)27/h3-6,10-13,15-17,23H,7-9,14H2,1-2H3,(H,29,32)/t16-,17+,23?. The maximum Gasteiger partial charge on any atom is 0.271 e. The van der Waals surface area contributed by atoms with Gasteiger partial charge in [-0.25, -0.2) is 4.98 Å². The van der Waals surface area contributed by atoms with Gasteiger partial charge in [0.05, 0.1) is 17.4 Å². The minimum Gasteiger partial charge on any atom is -0.347 e. The van der Waals surface area contributed by atoms with Gasteiger partial charge in [0.15, 0.2) is 0 Å². The van der Waals surface area contributed by atoms with Crippen molar-refractivity contribution in [2.24, 2.45) is 11.8 Å². The molecule has 0 radical (unpaired) electrons. The summed E-state index contributed by atoms with van der Waals surface area (Å²) in [5.41, 5.74) is 1.69. The van der Waals surface area contributed by atoms with Gasteiger partial charge in [-0.05, 0) is 48.4 Å². The number of imidazole rings is 1. The Morgan fingerprint density at radius 1 is 1.09 bits per heavy atom. The second-order valence-corrected chi connectivity index (χ2v) is 9.59. The zero-order valence-corrected chi connectivity index (χ0v) is 19.5. The molecule has 0 aliphatic heterocycles.